The maximum absolute atomic E-state index is 11.4. The number of hydrogen-bond donors (Lipinski definition) is 1. The zero-order chi connectivity index (χ0) is 13.4. The van der Waals surface area contributed by atoms with E-state index in [4.69, 9.17) is 0 Å². The van der Waals surface area contributed by atoms with E-state index in [0.717, 1.165) is 11.1 Å². The average Bonchev–Trinajstić information content (AvgIpc) is 2.38. The summed E-state index contributed by atoms with van der Waals surface area (Å²) in [5, 5.41) is 2.68. The average molecular weight is 243 g/mol. The molecular weight excluding hydrogens is 226 g/mol. The molecule has 94 valence electrons. The van der Waals surface area contributed by atoms with Crippen molar-refractivity contribution in [2.24, 2.45) is 0 Å². The molecular formula is C15H17NO2. The normalized spacial score (nSPS) is 9.22. The van der Waals surface area contributed by atoms with Gasteiger partial charge in [-0.1, -0.05) is 30.9 Å². The Balaban J connectivity index is 2.51. The highest BCUT2D eigenvalue weighted by atomic mass is 16.1. The Morgan fingerprint density at radius 3 is 2.44 bits per heavy atom. The number of nitrogens with one attached hydrogen (secondary N) is 1. The lowest BCUT2D eigenvalue weighted by molar-refractivity contribution is -0.118. The topological polar surface area (TPSA) is 46.2 Å². The molecule has 3 heteroatoms. The Morgan fingerprint density at radius 2 is 1.89 bits per heavy atom. The maximum atomic E-state index is 11.4. The van der Waals surface area contributed by atoms with Crippen LogP contribution in [0.15, 0.2) is 24.3 Å². The van der Waals surface area contributed by atoms with Gasteiger partial charge in [0.1, 0.15) is 0 Å². The van der Waals surface area contributed by atoms with Crippen molar-refractivity contribution < 1.29 is 9.59 Å². The summed E-state index contributed by atoms with van der Waals surface area (Å²) in [5.74, 6) is 6.06. The standard InChI is InChI=1S/C15H17NO2/c1-3-15(18)14-9-7-13(8-10-14)6-4-5-11-16-12(2)17/h7-10H,3,5,11H2,1-2H3,(H,16,17). The monoisotopic (exact) mass is 243 g/mol. The number of carbonyl (C=O) groups excluding carboxylic acids is 2. The van der Waals surface area contributed by atoms with Gasteiger partial charge in [-0.05, 0) is 12.1 Å². The van der Waals surface area contributed by atoms with Gasteiger partial charge in [-0.25, -0.2) is 0 Å². The van der Waals surface area contributed by atoms with Gasteiger partial charge in [-0.15, -0.1) is 0 Å². The van der Waals surface area contributed by atoms with Gasteiger partial charge in [-0.3, -0.25) is 9.59 Å². The summed E-state index contributed by atoms with van der Waals surface area (Å²) in [6.07, 6.45) is 1.14. The Labute approximate surface area is 108 Å². The van der Waals surface area contributed by atoms with E-state index in [2.05, 4.69) is 17.2 Å². The van der Waals surface area contributed by atoms with Crippen LogP contribution in [0.25, 0.3) is 0 Å². The van der Waals surface area contributed by atoms with Crippen molar-refractivity contribution in [3.63, 3.8) is 0 Å². The number of Topliss-reactive ketones (excluding diaryl/α,β-unsaturated/α-hetero) is 1. The summed E-state index contributed by atoms with van der Waals surface area (Å²) in [4.78, 5) is 22.0. The maximum Gasteiger partial charge on any atom is 0.216 e. The molecule has 1 amide bonds. The molecule has 1 N–H and O–H groups in total. The number of benzene rings is 1. The lowest BCUT2D eigenvalue weighted by Crippen LogP contribution is -2.20. The summed E-state index contributed by atoms with van der Waals surface area (Å²) in [7, 11) is 0. The number of amides is 1. The molecule has 1 rings (SSSR count). The first kappa shape index (κ1) is 14.0. The van der Waals surface area contributed by atoms with Crippen molar-refractivity contribution in [3.8, 4) is 11.8 Å². The van der Waals surface area contributed by atoms with Crippen molar-refractivity contribution in [1.82, 2.24) is 5.32 Å². The molecule has 0 spiro atoms. The molecule has 0 aliphatic carbocycles. The molecule has 0 fully saturated rings. The largest absolute Gasteiger partial charge is 0.355 e. The van der Waals surface area contributed by atoms with Crippen molar-refractivity contribution in [2.45, 2.75) is 26.7 Å². The molecule has 1 aromatic carbocycles. The minimum Gasteiger partial charge on any atom is -0.355 e. The van der Waals surface area contributed by atoms with Gasteiger partial charge in [0.05, 0.1) is 0 Å². The highest BCUT2D eigenvalue weighted by molar-refractivity contribution is 5.95. The van der Waals surface area contributed by atoms with Crippen LogP contribution in [0.2, 0.25) is 0 Å². The van der Waals surface area contributed by atoms with Crippen LogP contribution in [0.1, 0.15) is 42.6 Å². The van der Waals surface area contributed by atoms with Gasteiger partial charge in [0.25, 0.3) is 0 Å². The van der Waals surface area contributed by atoms with E-state index in [9.17, 15) is 9.59 Å². The van der Waals surface area contributed by atoms with Crippen LogP contribution in [0.3, 0.4) is 0 Å². The Hall–Kier alpha value is -2.08. The van der Waals surface area contributed by atoms with Crippen LogP contribution in [0, 0.1) is 11.8 Å². The second kappa shape index (κ2) is 7.29. The molecule has 0 aliphatic rings. The molecule has 0 aliphatic heterocycles. The summed E-state index contributed by atoms with van der Waals surface area (Å²) < 4.78 is 0. The molecule has 0 saturated heterocycles. The van der Waals surface area contributed by atoms with Crippen molar-refractivity contribution in [1.29, 1.82) is 0 Å². The third-order valence-corrected chi connectivity index (χ3v) is 2.38. The van der Waals surface area contributed by atoms with E-state index in [0.29, 0.717) is 19.4 Å². The first-order chi connectivity index (χ1) is 8.63. The second-order valence-corrected chi connectivity index (χ2v) is 3.89. The van der Waals surface area contributed by atoms with Gasteiger partial charge in [0.2, 0.25) is 5.91 Å². The molecule has 3 nitrogen and oxygen atoms in total. The molecule has 0 bridgehead atoms. The minimum absolute atomic E-state index is 0.0424. The number of rotatable bonds is 4. The zero-order valence-electron chi connectivity index (χ0n) is 10.7. The van der Waals surface area contributed by atoms with E-state index in [1.165, 1.54) is 6.92 Å². The van der Waals surface area contributed by atoms with E-state index >= 15 is 0 Å². The van der Waals surface area contributed by atoms with Crippen molar-refractivity contribution in [2.75, 3.05) is 6.54 Å². The van der Waals surface area contributed by atoms with Crippen LogP contribution >= 0.6 is 0 Å². The SMILES string of the molecule is CCC(=O)c1ccc(C#CCCNC(C)=O)cc1. The summed E-state index contributed by atoms with van der Waals surface area (Å²) in [6.45, 7) is 3.89. The molecule has 0 unspecified atom stereocenters. The van der Waals surface area contributed by atoms with E-state index in [1.54, 1.807) is 12.1 Å². The second-order valence-electron chi connectivity index (χ2n) is 3.89. The highest BCUT2D eigenvalue weighted by Gasteiger charge is 2.00. The van der Waals surface area contributed by atoms with Crippen molar-refractivity contribution in [3.05, 3.63) is 35.4 Å². The molecule has 0 aromatic heterocycles. The smallest absolute Gasteiger partial charge is 0.216 e. The molecule has 18 heavy (non-hydrogen) atoms. The quantitative estimate of drug-likeness (QED) is 0.500. The minimum atomic E-state index is -0.0424. The van der Waals surface area contributed by atoms with E-state index in [-0.39, 0.29) is 11.7 Å². The molecule has 1 aromatic rings. The molecule has 0 radical (unpaired) electrons. The summed E-state index contributed by atoms with van der Waals surface area (Å²) >= 11 is 0. The number of carbonyl (C=O) groups is 2. The van der Waals surface area contributed by atoms with Crippen LogP contribution in [-0.2, 0) is 4.79 Å². The van der Waals surface area contributed by atoms with E-state index in [1.807, 2.05) is 19.1 Å². The number of hydrogen-bond acceptors (Lipinski definition) is 2. The van der Waals surface area contributed by atoms with Crippen LogP contribution in [0.5, 0.6) is 0 Å². The first-order valence-corrected chi connectivity index (χ1v) is 6.00. The Morgan fingerprint density at radius 1 is 1.22 bits per heavy atom. The third kappa shape index (κ3) is 4.84. The lowest BCUT2D eigenvalue weighted by Gasteiger charge is -1.97. The van der Waals surface area contributed by atoms with Gasteiger partial charge in [-0.2, -0.15) is 0 Å². The Bertz CT molecular complexity index is 477. The van der Waals surface area contributed by atoms with Crippen molar-refractivity contribution >= 4 is 11.7 Å². The fraction of sp³-hybridized carbons (Fsp3) is 0.333. The lowest BCUT2D eigenvalue weighted by atomic mass is 10.1. The van der Waals surface area contributed by atoms with Crippen LogP contribution in [-0.4, -0.2) is 18.2 Å². The van der Waals surface area contributed by atoms with Gasteiger partial charge < -0.3 is 5.32 Å². The molecule has 0 atom stereocenters. The Kier molecular flexibility index (Phi) is 5.66. The van der Waals surface area contributed by atoms with Gasteiger partial charge >= 0.3 is 0 Å². The van der Waals surface area contributed by atoms with Gasteiger partial charge in [0.15, 0.2) is 5.78 Å². The summed E-state index contributed by atoms with van der Waals surface area (Å²) in [5.41, 5.74) is 1.60. The summed E-state index contributed by atoms with van der Waals surface area (Å²) in [6, 6.07) is 7.27. The zero-order valence-corrected chi connectivity index (χ0v) is 10.7. The highest BCUT2D eigenvalue weighted by Crippen LogP contribution is 2.05. The van der Waals surface area contributed by atoms with Gasteiger partial charge in [0, 0.05) is 37.4 Å². The fourth-order valence-electron chi connectivity index (χ4n) is 1.41. The fourth-order valence-corrected chi connectivity index (χ4v) is 1.41. The van der Waals surface area contributed by atoms with Crippen LogP contribution < -0.4 is 5.32 Å². The molecule has 0 saturated carbocycles. The number of ketones is 1. The van der Waals surface area contributed by atoms with Crippen LogP contribution in [0.4, 0.5) is 0 Å². The van der Waals surface area contributed by atoms with E-state index < -0.39 is 0 Å². The third-order valence-electron chi connectivity index (χ3n) is 2.38. The predicted octanol–water partition coefficient (Wildman–Crippen LogP) is 2.16. The molecule has 0 heterocycles. The predicted molar refractivity (Wildman–Crippen MR) is 71.2 cm³/mol. The first-order valence-electron chi connectivity index (χ1n) is 6.00.